The number of nitrogens with zero attached hydrogens (tertiary/aromatic N) is 1. The zero-order chi connectivity index (χ0) is 15.4. The van der Waals surface area contributed by atoms with Gasteiger partial charge < -0.3 is 21.3 Å². The van der Waals surface area contributed by atoms with Gasteiger partial charge in [-0.25, -0.2) is 0 Å². The van der Waals surface area contributed by atoms with E-state index in [9.17, 15) is 4.79 Å². The van der Waals surface area contributed by atoms with Gasteiger partial charge in [0.05, 0.1) is 11.4 Å². The molecule has 2 aromatic carbocycles. The summed E-state index contributed by atoms with van der Waals surface area (Å²) in [5.74, 6) is -0.139. The van der Waals surface area contributed by atoms with Crippen LogP contribution in [0.4, 0.5) is 22.7 Å². The van der Waals surface area contributed by atoms with Gasteiger partial charge in [0.25, 0.3) is 5.91 Å². The Kier molecular flexibility index (Phi) is 4.33. The fourth-order valence-corrected chi connectivity index (χ4v) is 1.97. The number of carbonyl (C=O) groups excluding carboxylic acids is 1. The molecule has 0 aliphatic heterocycles. The largest absolute Gasteiger partial charge is 0.397 e. The number of amides is 1. The Hall–Kier alpha value is -2.69. The third-order valence-electron chi connectivity index (χ3n) is 3.18. The van der Waals surface area contributed by atoms with Crippen molar-refractivity contribution in [3.63, 3.8) is 0 Å². The van der Waals surface area contributed by atoms with E-state index in [-0.39, 0.29) is 5.91 Å². The summed E-state index contributed by atoms with van der Waals surface area (Å²) >= 11 is 0. The first-order valence-corrected chi connectivity index (χ1v) is 6.67. The highest BCUT2D eigenvalue weighted by atomic mass is 16.1. The van der Waals surface area contributed by atoms with Crippen LogP contribution in [-0.4, -0.2) is 27.1 Å². The van der Waals surface area contributed by atoms with Gasteiger partial charge in [0.1, 0.15) is 0 Å². The number of hydrogen-bond acceptors (Lipinski definition) is 4. The smallest absolute Gasteiger partial charge is 0.251 e. The summed E-state index contributed by atoms with van der Waals surface area (Å²) in [6, 6.07) is 13.1. The average molecular weight is 284 g/mol. The lowest BCUT2D eigenvalue weighted by atomic mass is 10.1. The summed E-state index contributed by atoms with van der Waals surface area (Å²) in [4.78, 5) is 13.7. The fraction of sp³-hybridized carbons (Fsp3) is 0.188. The van der Waals surface area contributed by atoms with Crippen LogP contribution in [0, 0.1) is 0 Å². The number of nitrogens with one attached hydrogen (secondary N) is 2. The Bertz CT molecular complexity index is 652. The zero-order valence-electron chi connectivity index (χ0n) is 12.5. The second kappa shape index (κ2) is 6.17. The summed E-state index contributed by atoms with van der Waals surface area (Å²) in [6.07, 6.45) is 0. The van der Waals surface area contributed by atoms with Crippen molar-refractivity contribution in [2.24, 2.45) is 0 Å². The van der Waals surface area contributed by atoms with Crippen LogP contribution in [0.25, 0.3) is 0 Å². The molecule has 2 aromatic rings. The van der Waals surface area contributed by atoms with Crippen molar-refractivity contribution in [1.29, 1.82) is 0 Å². The van der Waals surface area contributed by atoms with Crippen LogP contribution in [0.15, 0.2) is 42.5 Å². The fourth-order valence-electron chi connectivity index (χ4n) is 1.97. The van der Waals surface area contributed by atoms with E-state index in [4.69, 9.17) is 5.73 Å². The first kappa shape index (κ1) is 14.7. The molecule has 0 fully saturated rings. The Balaban J connectivity index is 2.30. The van der Waals surface area contributed by atoms with Gasteiger partial charge in [-0.3, -0.25) is 4.79 Å². The maximum atomic E-state index is 11.7. The number of hydrogen-bond donors (Lipinski definition) is 3. The van der Waals surface area contributed by atoms with Crippen LogP contribution in [-0.2, 0) is 0 Å². The minimum Gasteiger partial charge on any atom is -0.397 e. The second-order valence-electron chi connectivity index (χ2n) is 4.95. The van der Waals surface area contributed by atoms with Gasteiger partial charge in [0, 0.05) is 38.1 Å². The predicted molar refractivity (Wildman–Crippen MR) is 88.3 cm³/mol. The summed E-state index contributed by atoms with van der Waals surface area (Å²) in [7, 11) is 5.58. The molecule has 0 atom stereocenters. The van der Waals surface area contributed by atoms with Crippen LogP contribution in [0.1, 0.15) is 10.4 Å². The Morgan fingerprint density at radius 1 is 1.14 bits per heavy atom. The van der Waals surface area contributed by atoms with E-state index >= 15 is 0 Å². The van der Waals surface area contributed by atoms with Crippen molar-refractivity contribution in [1.82, 2.24) is 5.32 Å². The highest BCUT2D eigenvalue weighted by Gasteiger charge is 2.07. The summed E-state index contributed by atoms with van der Waals surface area (Å²) in [5.41, 5.74) is 9.85. The molecule has 110 valence electrons. The molecule has 5 heteroatoms. The van der Waals surface area contributed by atoms with E-state index in [0.717, 1.165) is 11.4 Å². The van der Waals surface area contributed by atoms with Crippen LogP contribution in [0.2, 0.25) is 0 Å². The average Bonchev–Trinajstić information content (AvgIpc) is 2.49. The van der Waals surface area contributed by atoms with E-state index in [1.165, 1.54) is 0 Å². The highest BCUT2D eigenvalue weighted by Crippen LogP contribution is 2.26. The number of nitrogen functional groups attached to an aromatic ring is 1. The lowest BCUT2D eigenvalue weighted by molar-refractivity contribution is 0.0963. The Morgan fingerprint density at radius 2 is 1.90 bits per heavy atom. The van der Waals surface area contributed by atoms with Crippen molar-refractivity contribution in [2.75, 3.05) is 37.1 Å². The van der Waals surface area contributed by atoms with E-state index in [2.05, 4.69) is 10.6 Å². The van der Waals surface area contributed by atoms with E-state index in [1.54, 1.807) is 25.2 Å². The molecule has 0 aromatic heterocycles. The van der Waals surface area contributed by atoms with E-state index in [1.807, 2.05) is 43.3 Å². The molecule has 0 radical (unpaired) electrons. The molecule has 0 unspecified atom stereocenters. The van der Waals surface area contributed by atoms with Gasteiger partial charge in [0.15, 0.2) is 0 Å². The third-order valence-corrected chi connectivity index (χ3v) is 3.18. The van der Waals surface area contributed by atoms with Gasteiger partial charge in [-0.2, -0.15) is 0 Å². The summed E-state index contributed by atoms with van der Waals surface area (Å²) < 4.78 is 0. The van der Waals surface area contributed by atoms with Crippen LogP contribution in [0.5, 0.6) is 0 Å². The SMILES string of the molecule is CNC(=O)c1ccc(N)c(Nc2cccc(N(C)C)c2)c1. The van der Waals surface area contributed by atoms with E-state index in [0.29, 0.717) is 16.9 Å². The predicted octanol–water partition coefficient (Wildman–Crippen LogP) is 2.44. The quantitative estimate of drug-likeness (QED) is 0.754. The molecule has 0 aliphatic carbocycles. The van der Waals surface area contributed by atoms with Crippen LogP contribution in [0.3, 0.4) is 0 Å². The first-order valence-electron chi connectivity index (χ1n) is 6.67. The normalized spacial score (nSPS) is 10.0. The Morgan fingerprint density at radius 3 is 2.57 bits per heavy atom. The van der Waals surface area contributed by atoms with Gasteiger partial charge in [0.2, 0.25) is 0 Å². The van der Waals surface area contributed by atoms with Crippen LogP contribution < -0.4 is 21.3 Å². The molecule has 21 heavy (non-hydrogen) atoms. The summed E-state index contributed by atoms with van der Waals surface area (Å²) in [5, 5.41) is 5.86. The Labute approximate surface area is 124 Å². The maximum absolute atomic E-state index is 11.7. The molecule has 4 N–H and O–H groups in total. The number of carbonyl (C=O) groups is 1. The molecule has 0 bridgehead atoms. The molecule has 2 rings (SSSR count). The van der Waals surface area contributed by atoms with Crippen LogP contribution >= 0.6 is 0 Å². The van der Waals surface area contributed by atoms with Gasteiger partial charge >= 0.3 is 0 Å². The van der Waals surface area contributed by atoms with Crippen molar-refractivity contribution in [3.8, 4) is 0 Å². The number of nitrogens with two attached hydrogens (primary N) is 1. The van der Waals surface area contributed by atoms with Gasteiger partial charge in [-0.15, -0.1) is 0 Å². The molecule has 5 nitrogen and oxygen atoms in total. The number of anilines is 4. The first-order chi connectivity index (χ1) is 10.0. The maximum Gasteiger partial charge on any atom is 0.251 e. The van der Waals surface area contributed by atoms with Crippen molar-refractivity contribution in [3.05, 3.63) is 48.0 Å². The molecule has 0 aliphatic rings. The molecule has 0 saturated carbocycles. The zero-order valence-corrected chi connectivity index (χ0v) is 12.5. The summed E-state index contributed by atoms with van der Waals surface area (Å²) in [6.45, 7) is 0. The molecular formula is C16H20N4O. The molecular weight excluding hydrogens is 264 g/mol. The van der Waals surface area contributed by atoms with E-state index < -0.39 is 0 Å². The highest BCUT2D eigenvalue weighted by molar-refractivity contribution is 5.96. The lowest BCUT2D eigenvalue weighted by Gasteiger charge is -2.15. The molecule has 1 amide bonds. The molecule has 0 spiro atoms. The monoisotopic (exact) mass is 284 g/mol. The number of benzene rings is 2. The second-order valence-corrected chi connectivity index (χ2v) is 4.95. The lowest BCUT2D eigenvalue weighted by Crippen LogP contribution is -2.18. The minimum absolute atomic E-state index is 0.139. The van der Waals surface area contributed by atoms with Crippen molar-refractivity contribution < 1.29 is 4.79 Å². The molecule has 0 heterocycles. The topological polar surface area (TPSA) is 70.4 Å². The standard InChI is InChI=1S/C16H20N4O/c1-18-16(21)11-7-8-14(17)15(9-11)19-12-5-4-6-13(10-12)20(2)3/h4-10,19H,17H2,1-3H3,(H,18,21). The van der Waals surface area contributed by atoms with Gasteiger partial charge in [-0.05, 0) is 36.4 Å². The number of rotatable bonds is 4. The molecule has 0 saturated heterocycles. The van der Waals surface area contributed by atoms with Crippen molar-refractivity contribution in [2.45, 2.75) is 0 Å². The van der Waals surface area contributed by atoms with Gasteiger partial charge in [-0.1, -0.05) is 6.07 Å². The third kappa shape index (κ3) is 3.45. The van der Waals surface area contributed by atoms with Crippen molar-refractivity contribution >= 4 is 28.7 Å². The minimum atomic E-state index is -0.139.